The van der Waals surface area contributed by atoms with E-state index in [4.69, 9.17) is 11.6 Å². The number of rotatable bonds is 3. The van der Waals surface area contributed by atoms with Gasteiger partial charge in [-0.3, -0.25) is 0 Å². The van der Waals surface area contributed by atoms with Gasteiger partial charge in [0.25, 0.3) is 0 Å². The molecule has 0 fully saturated rings. The SMILES string of the molecule is CCNc1nc(-c2ccccc2Cl)ns1. The lowest BCUT2D eigenvalue weighted by Gasteiger charge is -1.97. The van der Waals surface area contributed by atoms with Crippen LogP contribution in [0, 0.1) is 0 Å². The minimum absolute atomic E-state index is 0.679. The number of benzene rings is 1. The van der Waals surface area contributed by atoms with Crippen molar-refractivity contribution in [3.63, 3.8) is 0 Å². The number of nitrogens with zero attached hydrogens (tertiary/aromatic N) is 2. The quantitative estimate of drug-likeness (QED) is 0.893. The molecule has 0 aliphatic heterocycles. The van der Waals surface area contributed by atoms with Crippen LogP contribution in [-0.2, 0) is 0 Å². The molecule has 1 heterocycles. The maximum absolute atomic E-state index is 6.05. The largest absolute Gasteiger partial charge is 0.361 e. The second-order valence-electron chi connectivity index (χ2n) is 2.93. The lowest BCUT2D eigenvalue weighted by molar-refractivity contribution is 1.19. The van der Waals surface area contributed by atoms with E-state index in [1.807, 2.05) is 31.2 Å². The van der Waals surface area contributed by atoms with E-state index in [9.17, 15) is 0 Å². The van der Waals surface area contributed by atoms with Gasteiger partial charge in [0.2, 0.25) is 5.13 Å². The van der Waals surface area contributed by atoms with Crippen molar-refractivity contribution in [1.29, 1.82) is 0 Å². The zero-order valence-electron chi connectivity index (χ0n) is 8.20. The molecule has 2 aromatic rings. The summed E-state index contributed by atoms with van der Waals surface area (Å²) in [6, 6.07) is 7.57. The molecular formula is C10H10ClN3S. The van der Waals surface area contributed by atoms with Gasteiger partial charge in [-0.25, -0.2) is 0 Å². The number of anilines is 1. The van der Waals surface area contributed by atoms with Crippen molar-refractivity contribution < 1.29 is 0 Å². The number of hydrogen-bond acceptors (Lipinski definition) is 4. The summed E-state index contributed by atoms with van der Waals surface area (Å²) in [6.45, 7) is 2.87. The third-order valence-corrected chi connectivity index (χ3v) is 2.87. The average molecular weight is 240 g/mol. The van der Waals surface area contributed by atoms with E-state index in [-0.39, 0.29) is 0 Å². The van der Waals surface area contributed by atoms with Gasteiger partial charge in [-0.05, 0) is 19.1 Å². The van der Waals surface area contributed by atoms with Gasteiger partial charge >= 0.3 is 0 Å². The maximum Gasteiger partial charge on any atom is 0.202 e. The van der Waals surface area contributed by atoms with Gasteiger partial charge in [-0.2, -0.15) is 9.36 Å². The molecule has 2 rings (SSSR count). The fourth-order valence-electron chi connectivity index (χ4n) is 1.20. The van der Waals surface area contributed by atoms with Crippen LogP contribution in [0.1, 0.15) is 6.92 Å². The molecule has 0 amide bonds. The van der Waals surface area contributed by atoms with Crippen LogP contribution in [0.25, 0.3) is 11.4 Å². The topological polar surface area (TPSA) is 37.8 Å². The van der Waals surface area contributed by atoms with Crippen LogP contribution in [0.4, 0.5) is 5.13 Å². The molecule has 5 heteroatoms. The first-order chi connectivity index (χ1) is 7.31. The van der Waals surface area contributed by atoms with Gasteiger partial charge in [0.1, 0.15) is 0 Å². The van der Waals surface area contributed by atoms with Gasteiger partial charge in [-0.1, -0.05) is 23.7 Å². The van der Waals surface area contributed by atoms with Gasteiger partial charge in [-0.15, -0.1) is 0 Å². The van der Waals surface area contributed by atoms with E-state index in [1.54, 1.807) is 0 Å². The molecule has 0 unspecified atom stereocenters. The lowest BCUT2D eigenvalue weighted by atomic mass is 10.2. The Hall–Kier alpha value is -1.13. The number of nitrogens with one attached hydrogen (secondary N) is 1. The Morgan fingerprint density at radius 2 is 2.20 bits per heavy atom. The van der Waals surface area contributed by atoms with Crippen molar-refractivity contribution >= 4 is 28.3 Å². The number of hydrogen-bond donors (Lipinski definition) is 1. The van der Waals surface area contributed by atoms with Crippen LogP contribution < -0.4 is 5.32 Å². The minimum atomic E-state index is 0.679. The smallest absolute Gasteiger partial charge is 0.202 e. The zero-order valence-corrected chi connectivity index (χ0v) is 9.77. The van der Waals surface area contributed by atoms with Crippen molar-refractivity contribution in [3.05, 3.63) is 29.3 Å². The van der Waals surface area contributed by atoms with Gasteiger partial charge < -0.3 is 5.32 Å². The highest BCUT2D eigenvalue weighted by molar-refractivity contribution is 7.09. The Kier molecular flexibility index (Phi) is 3.18. The second kappa shape index (κ2) is 4.59. The van der Waals surface area contributed by atoms with E-state index in [2.05, 4.69) is 14.7 Å². The molecule has 3 nitrogen and oxygen atoms in total. The first-order valence-electron chi connectivity index (χ1n) is 4.63. The first-order valence-corrected chi connectivity index (χ1v) is 5.79. The molecule has 0 saturated heterocycles. The summed E-state index contributed by atoms with van der Waals surface area (Å²) in [5, 5.41) is 4.62. The molecule has 0 bridgehead atoms. The molecule has 0 aliphatic carbocycles. The third kappa shape index (κ3) is 2.27. The molecule has 1 N–H and O–H groups in total. The monoisotopic (exact) mass is 239 g/mol. The van der Waals surface area contributed by atoms with Crippen LogP contribution in [0.3, 0.4) is 0 Å². The van der Waals surface area contributed by atoms with E-state index in [1.165, 1.54) is 11.5 Å². The van der Waals surface area contributed by atoms with E-state index >= 15 is 0 Å². The summed E-state index contributed by atoms with van der Waals surface area (Å²) in [5.41, 5.74) is 0.875. The van der Waals surface area contributed by atoms with Crippen molar-refractivity contribution in [3.8, 4) is 11.4 Å². The van der Waals surface area contributed by atoms with Gasteiger partial charge in [0.05, 0.1) is 5.02 Å². The summed E-state index contributed by atoms with van der Waals surface area (Å²) < 4.78 is 4.25. The third-order valence-electron chi connectivity index (χ3n) is 1.87. The predicted molar refractivity (Wildman–Crippen MR) is 64.5 cm³/mol. The van der Waals surface area contributed by atoms with Crippen molar-refractivity contribution in [1.82, 2.24) is 9.36 Å². The van der Waals surface area contributed by atoms with Crippen LogP contribution >= 0.6 is 23.1 Å². The molecular weight excluding hydrogens is 230 g/mol. The molecule has 1 aromatic heterocycles. The van der Waals surface area contributed by atoms with Gasteiger partial charge in [0, 0.05) is 23.6 Å². The number of halogens is 1. The maximum atomic E-state index is 6.05. The minimum Gasteiger partial charge on any atom is -0.361 e. The highest BCUT2D eigenvalue weighted by Gasteiger charge is 2.08. The normalized spacial score (nSPS) is 10.3. The molecule has 0 aliphatic rings. The average Bonchev–Trinajstić information content (AvgIpc) is 2.68. The van der Waals surface area contributed by atoms with Crippen LogP contribution in [0.15, 0.2) is 24.3 Å². The van der Waals surface area contributed by atoms with Crippen LogP contribution in [0.5, 0.6) is 0 Å². The van der Waals surface area contributed by atoms with E-state index in [0.29, 0.717) is 10.8 Å². The summed E-state index contributed by atoms with van der Waals surface area (Å²) in [4.78, 5) is 4.34. The molecule has 0 radical (unpaired) electrons. The summed E-state index contributed by atoms with van der Waals surface area (Å²) >= 11 is 7.40. The standard InChI is InChI=1S/C10H10ClN3S/c1-2-12-10-13-9(14-15-10)7-5-3-4-6-8(7)11/h3-6H,2H2,1H3,(H,12,13,14). The Bertz CT molecular complexity index is 455. The molecule has 0 saturated carbocycles. The van der Waals surface area contributed by atoms with Crippen molar-refractivity contribution in [2.24, 2.45) is 0 Å². The molecule has 0 spiro atoms. The highest BCUT2D eigenvalue weighted by atomic mass is 35.5. The Labute approximate surface area is 97.3 Å². The highest BCUT2D eigenvalue weighted by Crippen LogP contribution is 2.27. The summed E-state index contributed by atoms with van der Waals surface area (Å²) in [6.07, 6.45) is 0. The molecule has 15 heavy (non-hydrogen) atoms. The Balaban J connectivity index is 2.33. The van der Waals surface area contributed by atoms with Crippen LogP contribution in [-0.4, -0.2) is 15.9 Å². The first kappa shape index (κ1) is 10.4. The summed E-state index contributed by atoms with van der Waals surface area (Å²) in [7, 11) is 0. The zero-order chi connectivity index (χ0) is 10.7. The predicted octanol–water partition coefficient (Wildman–Crippen LogP) is 3.29. The fourth-order valence-corrected chi connectivity index (χ4v) is 2.07. The molecule has 78 valence electrons. The van der Waals surface area contributed by atoms with Crippen LogP contribution in [0.2, 0.25) is 5.02 Å². The number of aromatic nitrogens is 2. The Morgan fingerprint density at radius 3 is 2.93 bits per heavy atom. The molecule has 1 aromatic carbocycles. The van der Waals surface area contributed by atoms with E-state index < -0.39 is 0 Å². The Morgan fingerprint density at radius 1 is 1.40 bits per heavy atom. The van der Waals surface area contributed by atoms with Gasteiger partial charge in [0.15, 0.2) is 5.82 Å². The fraction of sp³-hybridized carbons (Fsp3) is 0.200. The summed E-state index contributed by atoms with van der Waals surface area (Å²) in [5.74, 6) is 0.682. The molecule has 0 atom stereocenters. The second-order valence-corrected chi connectivity index (χ2v) is 4.09. The van der Waals surface area contributed by atoms with E-state index in [0.717, 1.165) is 17.2 Å². The lowest BCUT2D eigenvalue weighted by Crippen LogP contribution is -1.95. The van der Waals surface area contributed by atoms with Crippen molar-refractivity contribution in [2.45, 2.75) is 6.92 Å². The van der Waals surface area contributed by atoms with Crippen molar-refractivity contribution in [2.75, 3.05) is 11.9 Å².